The van der Waals surface area contributed by atoms with Crippen LogP contribution in [0, 0.1) is 18.3 Å². The SMILES string of the molecule is Cc1ccc(C(=O)N2CCC(c3ccc(C#N)cc3)CC2)cc1[S]. The van der Waals surface area contributed by atoms with Gasteiger partial charge in [-0.3, -0.25) is 4.79 Å². The fraction of sp³-hybridized carbons (Fsp3) is 0.300. The van der Waals surface area contributed by atoms with Crippen LogP contribution in [-0.4, -0.2) is 23.9 Å². The Balaban J connectivity index is 1.64. The number of nitrogens with zero attached hydrogens (tertiary/aromatic N) is 2. The summed E-state index contributed by atoms with van der Waals surface area (Å²) in [5.41, 5.74) is 3.65. The second-order valence-electron chi connectivity index (χ2n) is 6.28. The lowest BCUT2D eigenvalue weighted by Gasteiger charge is -2.32. The number of nitriles is 1. The Hall–Kier alpha value is -2.38. The molecule has 1 amide bonds. The summed E-state index contributed by atoms with van der Waals surface area (Å²) in [6.45, 7) is 3.47. The predicted molar refractivity (Wildman–Crippen MR) is 96.1 cm³/mol. The fourth-order valence-electron chi connectivity index (χ4n) is 3.16. The standard InChI is InChI=1S/C20H19N2OS/c1-14-2-5-18(12-19(14)24)20(23)22-10-8-17(9-11-22)16-6-3-15(13-21)4-7-16/h2-7,12,17H,8-11H2,1H3. The average Bonchev–Trinajstić information content (AvgIpc) is 2.63. The number of hydrogen-bond donors (Lipinski definition) is 0. The molecule has 24 heavy (non-hydrogen) atoms. The highest BCUT2D eigenvalue weighted by Gasteiger charge is 2.24. The highest BCUT2D eigenvalue weighted by Crippen LogP contribution is 2.29. The van der Waals surface area contributed by atoms with Crippen molar-refractivity contribution < 1.29 is 4.79 Å². The number of hydrogen-bond acceptors (Lipinski definition) is 2. The lowest BCUT2D eigenvalue weighted by atomic mass is 9.89. The topological polar surface area (TPSA) is 44.1 Å². The van der Waals surface area contributed by atoms with Gasteiger partial charge >= 0.3 is 0 Å². The predicted octanol–water partition coefficient (Wildman–Crippen LogP) is 4.44. The highest BCUT2D eigenvalue weighted by atomic mass is 32.1. The third-order valence-corrected chi connectivity index (χ3v) is 5.17. The van der Waals surface area contributed by atoms with Crippen LogP contribution in [0.15, 0.2) is 47.4 Å². The molecule has 0 atom stereocenters. The number of piperidine rings is 1. The number of carbonyl (C=O) groups is 1. The third-order valence-electron chi connectivity index (χ3n) is 4.73. The molecule has 0 bridgehead atoms. The second kappa shape index (κ2) is 7.02. The molecule has 2 aromatic rings. The molecule has 0 aromatic heterocycles. The average molecular weight is 335 g/mol. The van der Waals surface area contributed by atoms with Gasteiger partial charge in [0, 0.05) is 23.5 Å². The monoisotopic (exact) mass is 335 g/mol. The van der Waals surface area contributed by atoms with Gasteiger partial charge < -0.3 is 4.90 Å². The van der Waals surface area contributed by atoms with Crippen LogP contribution in [0.4, 0.5) is 0 Å². The summed E-state index contributed by atoms with van der Waals surface area (Å²) in [5, 5.41) is 8.88. The molecule has 0 aliphatic carbocycles. The quantitative estimate of drug-likeness (QED) is 0.814. The Morgan fingerprint density at radius 2 is 1.83 bits per heavy atom. The molecule has 3 rings (SSSR count). The molecule has 4 heteroatoms. The maximum absolute atomic E-state index is 12.6. The van der Waals surface area contributed by atoms with Crippen molar-refractivity contribution in [2.24, 2.45) is 0 Å². The smallest absolute Gasteiger partial charge is 0.253 e. The van der Waals surface area contributed by atoms with Gasteiger partial charge in [0.2, 0.25) is 0 Å². The van der Waals surface area contributed by atoms with Gasteiger partial charge in [0.1, 0.15) is 0 Å². The largest absolute Gasteiger partial charge is 0.339 e. The van der Waals surface area contributed by atoms with Crippen LogP contribution in [0.25, 0.3) is 0 Å². The summed E-state index contributed by atoms with van der Waals surface area (Å²) in [6, 6.07) is 15.5. The van der Waals surface area contributed by atoms with Crippen LogP contribution < -0.4 is 0 Å². The van der Waals surface area contributed by atoms with Gasteiger partial charge in [0.15, 0.2) is 0 Å². The van der Waals surface area contributed by atoms with E-state index < -0.39 is 0 Å². The molecule has 1 heterocycles. The first-order chi connectivity index (χ1) is 11.6. The molecule has 2 aromatic carbocycles. The molecule has 1 fully saturated rings. The zero-order valence-electron chi connectivity index (χ0n) is 13.7. The number of benzene rings is 2. The van der Waals surface area contributed by atoms with Gasteiger partial charge in [-0.25, -0.2) is 0 Å². The Kier molecular flexibility index (Phi) is 4.82. The lowest BCUT2D eigenvalue weighted by Crippen LogP contribution is -2.37. The van der Waals surface area contributed by atoms with Crippen LogP contribution in [0.1, 0.15) is 45.8 Å². The Labute approximate surface area is 148 Å². The molecule has 1 aliphatic heterocycles. The van der Waals surface area contributed by atoms with Gasteiger partial charge in [0.05, 0.1) is 11.6 Å². The van der Waals surface area contributed by atoms with Crippen molar-refractivity contribution in [2.75, 3.05) is 13.1 Å². The van der Waals surface area contributed by atoms with E-state index in [4.69, 9.17) is 17.9 Å². The summed E-state index contributed by atoms with van der Waals surface area (Å²) in [5.74, 6) is 0.522. The van der Waals surface area contributed by atoms with Gasteiger partial charge in [0.25, 0.3) is 5.91 Å². The van der Waals surface area contributed by atoms with E-state index in [0.717, 1.165) is 36.4 Å². The minimum atomic E-state index is 0.0689. The van der Waals surface area contributed by atoms with E-state index in [1.165, 1.54) is 5.56 Å². The molecule has 121 valence electrons. The van der Waals surface area contributed by atoms with Crippen molar-refractivity contribution in [3.8, 4) is 6.07 Å². The van der Waals surface area contributed by atoms with Crippen LogP contribution in [0.5, 0.6) is 0 Å². The number of rotatable bonds is 2. The van der Waals surface area contributed by atoms with E-state index in [-0.39, 0.29) is 5.91 Å². The minimum absolute atomic E-state index is 0.0689. The van der Waals surface area contributed by atoms with E-state index in [2.05, 4.69) is 6.07 Å². The summed E-state index contributed by atoms with van der Waals surface area (Å²) < 4.78 is 0. The maximum Gasteiger partial charge on any atom is 0.253 e. The molecule has 1 aliphatic rings. The van der Waals surface area contributed by atoms with Crippen molar-refractivity contribution in [1.29, 1.82) is 5.26 Å². The maximum atomic E-state index is 12.6. The summed E-state index contributed by atoms with van der Waals surface area (Å²) in [4.78, 5) is 15.3. The first-order valence-electron chi connectivity index (χ1n) is 8.15. The number of aryl methyl sites for hydroxylation is 1. The molecular formula is C20H19N2OS. The molecule has 0 unspecified atom stereocenters. The van der Waals surface area contributed by atoms with Crippen molar-refractivity contribution in [3.63, 3.8) is 0 Å². The fourth-order valence-corrected chi connectivity index (χ4v) is 3.36. The van der Waals surface area contributed by atoms with Crippen molar-refractivity contribution >= 4 is 18.5 Å². The van der Waals surface area contributed by atoms with E-state index in [1.54, 1.807) is 6.07 Å². The van der Waals surface area contributed by atoms with E-state index >= 15 is 0 Å². The summed E-state index contributed by atoms with van der Waals surface area (Å²) in [7, 11) is 0. The summed E-state index contributed by atoms with van der Waals surface area (Å²) in [6.07, 6.45) is 1.90. The Bertz CT molecular complexity index is 784. The second-order valence-corrected chi connectivity index (χ2v) is 6.72. The van der Waals surface area contributed by atoms with Crippen LogP contribution in [0.3, 0.4) is 0 Å². The zero-order valence-corrected chi connectivity index (χ0v) is 14.5. The zero-order chi connectivity index (χ0) is 17.1. The number of likely N-dealkylation sites (tertiary alicyclic amines) is 1. The van der Waals surface area contributed by atoms with Gasteiger partial charge in [-0.05, 0) is 61.1 Å². The molecule has 0 N–H and O–H groups in total. The first kappa shape index (κ1) is 16.5. The van der Waals surface area contributed by atoms with Crippen LogP contribution >= 0.6 is 12.6 Å². The molecule has 0 spiro atoms. The molecule has 3 nitrogen and oxygen atoms in total. The molecule has 1 saturated heterocycles. The third kappa shape index (κ3) is 3.42. The van der Waals surface area contributed by atoms with Crippen LogP contribution in [0.2, 0.25) is 0 Å². The van der Waals surface area contributed by atoms with Gasteiger partial charge in [-0.15, -0.1) is 0 Å². The van der Waals surface area contributed by atoms with Gasteiger partial charge in [-0.1, -0.05) is 30.8 Å². The van der Waals surface area contributed by atoms with Gasteiger partial charge in [-0.2, -0.15) is 5.26 Å². The normalized spacial score (nSPS) is 15.1. The van der Waals surface area contributed by atoms with E-state index in [0.29, 0.717) is 17.0 Å². The van der Waals surface area contributed by atoms with Crippen LogP contribution in [-0.2, 0) is 0 Å². The first-order valence-corrected chi connectivity index (χ1v) is 8.56. The molecular weight excluding hydrogens is 316 g/mol. The molecule has 0 saturated carbocycles. The summed E-state index contributed by atoms with van der Waals surface area (Å²) >= 11 is 5.27. The highest BCUT2D eigenvalue weighted by molar-refractivity contribution is 7.80. The lowest BCUT2D eigenvalue weighted by molar-refractivity contribution is 0.0712. The van der Waals surface area contributed by atoms with Crippen molar-refractivity contribution in [1.82, 2.24) is 4.90 Å². The van der Waals surface area contributed by atoms with Crippen molar-refractivity contribution in [2.45, 2.75) is 30.6 Å². The van der Waals surface area contributed by atoms with E-state index in [9.17, 15) is 4.79 Å². The number of carbonyl (C=O) groups excluding carboxylic acids is 1. The minimum Gasteiger partial charge on any atom is -0.339 e. The Morgan fingerprint density at radius 1 is 1.17 bits per heavy atom. The molecule has 1 radical (unpaired) electrons. The van der Waals surface area contributed by atoms with E-state index in [1.807, 2.05) is 48.2 Å². The van der Waals surface area contributed by atoms with Crippen molar-refractivity contribution in [3.05, 3.63) is 64.7 Å². The Morgan fingerprint density at radius 3 is 2.42 bits per heavy atom. The number of amides is 1.